The number of carbonyl (C=O) groups is 3. The van der Waals surface area contributed by atoms with Crippen LogP contribution in [0.15, 0.2) is 18.2 Å². The monoisotopic (exact) mass is 507 g/mol. The third-order valence-corrected chi connectivity index (χ3v) is 6.82. The molecule has 3 rings (SSSR count). The van der Waals surface area contributed by atoms with E-state index in [0.717, 1.165) is 18.4 Å². The molecule has 6 N–H and O–H groups in total. The number of nitrogens with one attached hydrogen (secondary N) is 3. The van der Waals surface area contributed by atoms with Gasteiger partial charge in [-0.1, -0.05) is 6.07 Å². The highest BCUT2D eigenvalue weighted by molar-refractivity contribution is 5.83. The fraction of sp³-hybridized carbons (Fsp3) is 0.640. The second kappa shape index (κ2) is 13.0. The zero-order valence-corrected chi connectivity index (χ0v) is 21.0. The first-order valence-corrected chi connectivity index (χ1v) is 12.6. The first-order valence-electron chi connectivity index (χ1n) is 12.6. The third kappa shape index (κ3) is 7.87. The molecular weight excluding hydrogens is 469 g/mol. The summed E-state index contributed by atoms with van der Waals surface area (Å²) in [4.78, 5) is 38.9. The number of benzene rings is 1. The molecule has 2 aliphatic rings. The third-order valence-electron chi connectivity index (χ3n) is 6.82. The van der Waals surface area contributed by atoms with E-state index in [2.05, 4.69) is 16.0 Å². The summed E-state index contributed by atoms with van der Waals surface area (Å²) in [5.41, 5.74) is 6.09. The number of halogens is 1. The van der Waals surface area contributed by atoms with Crippen molar-refractivity contribution in [3.63, 3.8) is 0 Å². The molecule has 1 aliphatic heterocycles. The lowest BCUT2D eigenvalue weighted by Gasteiger charge is -2.34. The molecule has 0 radical (unpaired) electrons. The van der Waals surface area contributed by atoms with Crippen LogP contribution < -0.4 is 26.4 Å². The number of ether oxygens (including phenoxy) is 1. The van der Waals surface area contributed by atoms with Crippen molar-refractivity contribution < 1.29 is 28.6 Å². The highest BCUT2D eigenvalue weighted by Gasteiger charge is 2.39. The second-order valence-corrected chi connectivity index (χ2v) is 9.62. The molecule has 0 bridgehead atoms. The van der Waals surface area contributed by atoms with Crippen LogP contribution in [0.1, 0.15) is 44.6 Å². The van der Waals surface area contributed by atoms with E-state index < -0.39 is 36.1 Å². The van der Waals surface area contributed by atoms with Gasteiger partial charge in [-0.15, -0.1) is 0 Å². The van der Waals surface area contributed by atoms with Gasteiger partial charge in [0.1, 0.15) is 24.4 Å². The molecule has 4 atom stereocenters. The summed E-state index contributed by atoms with van der Waals surface area (Å²) in [6.45, 7) is 2.68. The summed E-state index contributed by atoms with van der Waals surface area (Å²) >= 11 is 0. The lowest BCUT2D eigenvalue weighted by atomic mass is 10.1. The number of rotatable bonds is 4. The van der Waals surface area contributed by atoms with E-state index in [0.29, 0.717) is 31.7 Å². The van der Waals surface area contributed by atoms with Gasteiger partial charge in [0.15, 0.2) is 0 Å². The predicted molar refractivity (Wildman–Crippen MR) is 131 cm³/mol. The van der Waals surface area contributed by atoms with Crippen LogP contribution in [0, 0.1) is 11.7 Å². The summed E-state index contributed by atoms with van der Waals surface area (Å²) < 4.78 is 19.7. The molecule has 1 aromatic rings. The number of aryl methyl sites for hydroxylation is 1. The highest BCUT2D eigenvalue weighted by atomic mass is 19.1. The summed E-state index contributed by atoms with van der Waals surface area (Å²) in [6.07, 6.45) is 1.85. The molecule has 1 heterocycles. The SMILES string of the molecule is CC1C(O)NC(CCC(N)=O)C(=O)NCCCc2ccc(F)cc2OCCNC(C2CC2)C(=O)N1C. The number of fused-ring (bicyclic) bond motifs is 1. The van der Waals surface area contributed by atoms with E-state index in [1.807, 2.05) is 0 Å². The molecular formula is C25H38FN5O5. The number of likely N-dealkylation sites (N-methyl/N-ethyl adjacent to an activating group) is 1. The molecule has 4 unspecified atom stereocenters. The minimum absolute atomic E-state index is 0.0368. The first-order chi connectivity index (χ1) is 17.2. The molecule has 0 aromatic heterocycles. The maximum Gasteiger partial charge on any atom is 0.240 e. The van der Waals surface area contributed by atoms with Gasteiger partial charge in [-0.3, -0.25) is 19.7 Å². The number of nitrogens with zero attached hydrogens (tertiary/aromatic N) is 1. The number of aliphatic hydroxyl groups excluding tert-OH is 1. The normalized spacial score (nSPS) is 27.3. The average molecular weight is 508 g/mol. The van der Waals surface area contributed by atoms with Crippen molar-refractivity contribution in [1.29, 1.82) is 0 Å². The van der Waals surface area contributed by atoms with Crippen LogP contribution in [-0.4, -0.2) is 78.8 Å². The molecule has 0 spiro atoms. The predicted octanol–water partition coefficient (Wildman–Crippen LogP) is 0.0241. The van der Waals surface area contributed by atoms with Crippen molar-refractivity contribution in [2.45, 2.75) is 69.8 Å². The lowest BCUT2D eigenvalue weighted by Crippen LogP contribution is -2.58. The number of primary amides is 1. The summed E-state index contributed by atoms with van der Waals surface area (Å²) in [5, 5.41) is 19.8. The van der Waals surface area contributed by atoms with Crippen molar-refractivity contribution in [3.8, 4) is 5.75 Å². The number of hydrogen-bond donors (Lipinski definition) is 5. The van der Waals surface area contributed by atoms with Gasteiger partial charge < -0.3 is 31.1 Å². The Kier molecular flexibility index (Phi) is 10.0. The first kappa shape index (κ1) is 27.8. The van der Waals surface area contributed by atoms with Gasteiger partial charge >= 0.3 is 0 Å². The fourth-order valence-electron chi connectivity index (χ4n) is 4.30. The van der Waals surface area contributed by atoms with Crippen molar-refractivity contribution in [2.75, 3.05) is 26.7 Å². The summed E-state index contributed by atoms with van der Waals surface area (Å²) in [7, 11) is 1.61. The van der Waals surface area contributed by atoms with E-state index in [4.69, 9.17) is 10.5 Å². The minimum atomic E-state index is -1.20. The molecule has 36 heavy (non-hydrogen) atoms. The lowest BCUT2D eigenvalue weighted by molar-refractivity contribution is -0.137. The van der Waals surface area contributed by atoms with E-state index in [-0.39, 0.29) is 37.2 Å². The maximum atomic E-state index is 13.9. The molecule has 200 valence electrons. The van der Waals surface area contributed by atoms with Gasteiger partial charge in [-0.05, 0) is 56.6 Å². The Morgan fingerprint density at radius 2 is 2.03 bits per heavy atom. The van der Waals surface area contributed by atoms with Crippen LogP contribution in [0.4, 0.5) is 4.39 Å². The van der Waals surface area contributed by atoms with E-state index in [1.165, 1.54) is 17.0 Å². The number of amides is 3. The van der Waals surface area contributed by atoms with Crippen molar-refractivity contribution >= 4 is 17.7 Å². The molecule has 1 aromatic carbocycles. The van der Waals surface area contributed by atoms with Gasteiger partial charge in [0.05, 0.1) is 18.1 Å². The summed E-state index contributed by atoms with van der Waals surface area (Å²) in [5.74, 6) is -0.876. The highest BCUT2D eigenvalue weighted by Crippen LogP contribution is 2.33. The molecule has 0 saturated heterocycles. The number of hydrogen-bond acceptors (Lipinski definition) is 7. The minimum Gasteiger partial charge on any atom is -0.492 e. The van der Waals surface area contributed by atoms with Crippen LogP contribution >= 0.6 is 0 Å². The maximum absolute atomic E-state index is 13.9. The Hall–Kier alpha value is -2.76. The quantitative estimate of drug-likeness (QED) is 0.386. The number of carbonyl (C=O) groups excluding carboxylic acids is 3. The van der Waals surface area contributed by atoms with Crippen LogP contribution in [0.2, 0.25) is 0 Å². The zero-order valence-electron chi connectivity index (χ0n) is 21.0. The number of nitrogens with two attached hydrogens (primary N) is 1. The topological polar surface area (TPSA) is 146 Å². The Morgan fingerprint density at radius 1 is 1.28 bits per heavy atom. The van der Waals surface area contributed by atoms with E-state index in [9.17, 15) is 23.9 Å². The molecule has 11 heteroatoms. The average Bonchev–Trinajstić information content (AvgIpc) is 3.68. The Balaban J connectivity index is 1.79. The van der Waals surface area contributed by atoms with Gasteiger partial charge in [-0.2, -0.15) is 0 Å². The van der Waals surface area contributed by atoms with Crippen molar-refractivity contribution in [2.24, 2.45) is 11.7 Å². The Morgan fingerprint density at radius 3 is 2.72 bits per heavy atom. The van der Waals surface area contributed by atoms with Crippen molar-refractivity contribution in [3.05, 3.63) is 29.6 Å². The molecule has 10 nitrogen and oxygen atoms in total. The van der Waals surface area contributed by atoms with Crippen LogP contribution in [-0.2, 0) is 20.8 Å². The fourth-order valence-corrected chi connectivity index (χ4v) is 4.30. The molecule has 1 saturated carbocycles. The van der Waals surface area contributed by atoms with E-state index >= 15 is 0 Å². The standard InChI is InChI=1S/C25H38FN5O5/c1-15-23(33)30-19(9-10-21(27)32)24(34)29-11-3-4-16-7-8-18(26)14-20(16)36-13-12-28-22(17-5-6-17)25(35)31(15)2/h7-8,14-15,17,19,22-23,28,30,33H,3-6,9-13H2,1-2H3,(H2,27,32)(H,29,34). The largest absolute Gasteiger partial charge is 0.492 e. The Labute approximate surface area is 211 Å². The molecule has 1 fully saturated rings. The van der Waals surface area contributed by atoms with Gasteiger partial charge in [0, 0.05) is 32.6 Å². The number of aliphatic hydroxyl groups is 1. The molecule has 3 amide bonds. The molecule has 1 aliphatic carbocycles. The van der Waals surface area contributed by atoms with Gasteiger partial charge in [0.2, 0.25) is 17.7 Å². The zero-order chi connectivity index (χ0) is 26.2. The van der Waals surface area contributed by atoms with Crippen LogP contribution in [0.3, 0.4) is 0 Å². The van der Waals surface area contributed by atoms with E-state index in [1.54, 1.807) is 20.0 Å². The smallest absolute Gasteiger partial charge is 0.240 e. The van der Waals surface area contributed by atoms with Crippen LogP contribution in [0.5, 0.6) is 5.75 Å². The van der Waals surface area contributed by atoms with Gasteiger partial charge in [-0.25, -0.2) is 4.39 Å². The second-order valence-electron chi connectivity index (χ2n) is 9.62. The Bertz CT molecular complexity index is 928. The van der Waals surface area contributed by atoms with Crippen LogP contribution in [0.25, 0.3) is 0 Å². The summed E-state index contributed by atoms with van der Waals surface area (Å²) in [6, 6.07) is 2.42. The van der Waals surface area contributed by atoms with Gasteiger partial charge in [0.25, 0.3) is 0 Å². The van der Waals surface area contributed by atoms with Crippen molar-refractivity contribution in [1.82, 2.24) is 20.9 Å².